The molecule has 1 aliphatic rings. The van der Waals surface area contributed by atoms with Gasteiger partial charge in [0, 0.05) is 12.5 Å². The number of aliphatic hydroxyl groups excluding tert-OH is 1. The fourth-order valence-corrected chi connectivity index (χ4v) is 1.76. The zero-order valence-corrected chi connectivity index (χ0v) is 9.80. The van der Waals surface area contributed by atoms with Gasteiger partial charge >= 0.3 is 0 Å². The van der Waals surface area contributed by atoms with Crippen molar-refractivity contribution < 1.29 is 15.6 Å². The Kier molecular flexibility index (Phi) is 3.76. The summed E-state index contributed by atoms with van der Waals surface area (Å²) in [5.74, 6) is -0.288. The van der Waals surface area contributed by atoms with Crippen LogP contribution < -0.4 is 11.1 Å². The van der Waals surface area contributed by atoms with Gasteiger partial charge in [-0.25, -0.2) is 0 Å². The Morgan fingerprint density at radius 1 is 1.41 bits per heavy atom. The molecule has 2 rings (SSSR count). The average molecular weight is 235 g/mol. The lowest BCUT2D eigenvalue weighted by atomic mass is 10.0. The van der Waals surface area contributed by atoms with Gasteiger partial charge in [-0.3, -0.25) is 4.79 Å². The van der Waals surface area contributed by atoms with Crippen LogP contribution in [0.5, 0.6) is 0 Å². The van der Waals surface area contributed by atoms with E-state index in [0.29, 0.717) is 6.42 Å². The standard InChI is InChI=1S/C13H18N2O2/c14-11(8-9-4-2-1-3-5-9)12(16)13(17)15-10-6-7-10/h1-5,10-12,16H,6-8,14H2,(H,15,17)/p+1/t11-,12?/m0/s1. The first kappa shape index (κ1) is 12.1. The smallest absolute Gasteiger partial charge is 0.255 e. The molecule has 1 unspecified atom stereocenters. The third-order valence-corrected chi connectivity index (χ3v) is 2.98. The van der Waals surface area contributed by atoms with E-state index in [1.165, 1.54) is 0 Å². The first-order valence-electron chi connectivity index (χ1n) is 6.02. The van der Waals surface area contributed by atoms with Gasteiger partial charge < -0.3 is 16.2 Å². The number of carbonyl (C=O) groups excluding carboxylic acids is 1. The number of amides is 1. The summed E-state index contributed by atoms with van der Waals surface area (Å²) in [5.41, 5.74) is 4.96. The van der Waals surface area contributed by atoms with Crippen LogP contribution in [-0.4, -0.2) is 29.2 Å². The summed E-state index contributed by atoms with van der Waals surface area (Å²) in [7, 11) is 0. The molecular formula is C13H19N2O2+. The summed E-state index contributed by atoms with van der Waals surface area (Å²) in [6, 6.07) is 9.75. The minimum Gasteiger partial charge on any atom is -0.378 e. The quantitative estimate of drug-likeness (QED) is 0.642. The third kappa shape index (κ3) is 3.54. The van der Waals surface area contributed by atoms with Crippen LogP contribution in [0.4, 0.5) is 0 Å². The van der Waals surface area contributed by atoms with E-state index in [9.17, 15) is 9.90 Å². The number of aliphatic hydroxyl groups is 1. The molecule has 0 heterocycles. The van der Waals surface area contributed by atoms with Crippen LogP contribution in [0.3, 0.4) is 0 Å². The highest BCUT2D eigenvalue weighted by atomic mass is 16.3. The Labute approximate surface area is 101 Å². The lowest BCUT2D eigenvalue weighted by Crippen LogP contribution is -2.70. The van der Waals surface area contributed by atoms with E-state index in [4.69, 9.17) is 0 Å². The molecule has 4 nitrogen and oxygen atoms in total. The van der Waals surface area contributed by atoms with Gasteiger partial charge in [-0.15, -0.1) is 0 Å². The molecule has 0 saturated heterocycles. The van der Waals surface area contributed by atoms with Crippen LogP contribution in [0.2, 0.25) is 0 Å². The molecule has 1 aromatic carbocycles. The van der Waals surface area contributed by atoms with Gasteiger partial charge in [0.25, 0.3) is 5.91 Å². The van der Waals surface area contributed by atoms with Gasteiger partial charge in [-0.2, -0.15) is 0 Å². The monoisotopic (exact) mass is 235 g/mol. The third-order valence-electron chi connectivity index (χ3n) is 2.98. The molecule has 0 aliphatic heterocycles. The summed E-state index contributed by atoms with van der Waals surface area (Å²) in [6.07, 6.45) is 1.65. The number of hydrogen-bond acceptors (Lipinski definition) is 2. The summed E-state index contributed by atoms with van der Waals surface area (Å²) < 4.78 is 0. The van der Waals surface area contributed by atoms with E-state index in [1.54, 1.807) is 0 Å². The van der Waals surface area contributed by atoms with E-state index in [1.807, 2.05) is 30.3 Å². The van der Waals surface area contributed by atoms with Crippen molar-refractivity contribution in [2.75, 3.05) is 0 Å². The number of rotatable bonds is 5. The Balaban J connectivity index is 1.85. The van der Waals surface area contributed by atoms with Crippen molar-refractivity contribution in [2.45, 2.75) is 37.5 Å². The normalized spacial score (nSPS) is 18.5. The van der Waals surface area contributed by atoms with Crippen molar-refractivity contribution in [1.29, 1.82) is 0 Å². The van der Waals surface area contributed by atoms with E-state index < -0.39 is 6.10 Å². The van der Waals surface area contributed by atoms with Crippen molar-refractivity contribution in [3.05, 3.63) is 35.9 Å². The number of nitrogens with one attached hydrogen (secondary N) is 1. The van der Waals surface area contributed by atoms with Gasteiger partial charge in [0.2, 0.25) is 0 Å². The fraction of sp³-hybridized carbons (Fsp3) is 0.462. The molecule has 2 atom stereocenters. The Morgan fingerprint density at radius 2 is 2.06 bits per heavy atom. The molecule has 1 fully saturated rings. The zero-order chi connectivity index (χ0) is 12.3. The Hall–Kier alpha value is -1.39. The topological polar surface area (TPSA) is 77.0 Å². The second kappa shape index (κ2) is 5.29. The molecule has 1 aromatic rings. The predicted molar refractivity (Wildman–Crippen MR) is 64.0 cm³/mol. The van der Waals surface area contributed by atoms with Crippen LogP contribution in [-0.2, 0) is 11.2 Å². The van der Waals surface area contributed by atoms with E-state index in [2.05, 4.69) is 11.1 Å². The van der Waals surface area contributed by atoms with Crippen LogP contribution in [0.25, 0.3) is 0 Å². The van der Waals surface area contributed by atoms with Crippen LogP contribution in [0, 0.1) is 0 Å². The summed E-state index contributed by atoms with van der Waals surface area (Å²) >= 11 is 0. The second-order valence-corrected chi connectivity index (χ2v) is 4.68. The summed E-state index contributed by atoms with van der Waals surface area (Å²) in [5, 5.41) is 12.6. The highest BCUT2D eigenvalue weighted by Crippen LogP contribution is 2.18. The molecule has 0 bridgehead atoms. The molecular weight excluding hydrogens is 216 g/mol. The molecule has 1 aliphatic carbocycles. The van der Waals surface area contributed by atoms with E-state index in [0.717, 1.165) is 18.4 Å². The van der Waals surface area contributed by atoms with E-state index >= 15 is 0 Å². The fourth-order valence-electron chi connectivity index (χ4n) is 1.76. The molecule has 1 amide bonds. The lowest BCUT2D eigenvalue weighted by Gasteiger charge is -2.15. The van der Waals surface area contributed by atoms with Gasteiger partial charge in [-0.05, 0) is 18.4 Å². The van der Waals surface area contributed by atoms with Gasteiger partial charge in [0.15, 0.2) is 6.10 Å². The maximum absolute atomic E-state index is 11.6. The van der Waals surface area contributed by atoms with Gasteiger partial charge in [0.05, 0.1) is 0 Å². The molecule has 4 heteroatoms. The number of carbonyl (C=O) groups is 1. The Bertz CT molecular complexity index is 376. The van der Waals surface area contributed by atoms with Gasteiger partial charge in [0.1, 0.15) is 6.04 Å². The van der Waals surface area contributed by atoms with Crippen LogP contribution in [0.1, 0.15) is 18.4 Å². The van der Waals surface area contributed by atoms with Crippen molar-refractivity contribution in [3.63, 3.8) is 0 Å². The van der Waals surface area contributed by atoms with Crippen molar-refractivity contribution in [2.24, 2.45) is 0 Å². The number of benzene rings is 1. The maximum atomic E-state index is 11.6. The molecule has 92 valence electrons. The largest absolute Gasteiger partial charge is 0.378 e. The van der Waals surface area contributed by atoms with Crippen molar-refractivity contribution in [1.82, 2.24) is 5.32 Å². The maximum Gasteiger partial charge on any atom is 0.255 e. The Morgan fingerprint density at radius 3 is 2.65 bits per heavy atom. The average Bonchev–Trinajstić information content (AvgIpc) is 3.13. The molecule has 0 spiro atoms. The summed E-state index contributed by atoms with van der Waals surface area (Å²) in [4.78, 5) is 11.6. The van der Waals surface area contributed by atoms with Gasteiger partial charge in [-0.1, -0.05) is 30.3 Å². The molecule has 1 saturated carbocycles. The zero-order valence-electron chi connectivity index (χ0n) is 9.80. The molecule has 17 heavy (non-hydrogen) atoms. The minimum atomic E-state index is -1.02. The molecule has 0 radical (unpaired) electrons. The molecule has 5 N–H and O–H groups in total. The first-order valence-corrected chi connectivity index (χ1v) is 6.02. The van der Waals surface area contributed by atoms with E-state index in [-0.39, 0.29) is 18.0 Å². The highest BCUT2D eigenvalue weighted by Gasteiger charge is 2.31. The predicted octanol–water partition coefficient (Wildman–Crippen LogP) is -0.521. The highest BCUT2D eigenvalue weighted by molar-refractivity contribution is 5.81. The minimum absolute atomic E-state index is 0.279. The van der Waals surface area contributed by atoms with Crippen LogP contribution >= 0.6 is 0 Å². The lowest BCUT2D eigenvalue weighted by molar-refractivity contribution is -0.432. The van der Waals surface area contributed by atoms with Crippen molar-refractivity contribution in [3.8, 4) is 0 Å². The number of quaternary nitrogens is 1. The number of hydrogen-bond donors (Lipinski definition) is 3. The second-order valence-electron chi connectivity index (χ2n) is 4.68. The molecule has 0 aromatic heterocycles. The first-order chi connectivity index (χ1) is 8.16. The van der Waals surface area contributed by atoms with Crippen molar-refractivity contribution >= 4 is 5.91 Å². The van der Waals surface area contributed by atoms with Crippen LogP contribution in [0.15, 0.2) is 30.3 Å². The summed E-state index contributed by atoms with van der Waals surface area (Å²) in [6.45, 7) is 0. The SMILES string of the molecule is [NH3+][C@@H](Cc1ccccc1)C(O)C(=O)NC1CC1.